The highest BCUT2D eigenvalue weighted by Gasteiger charge is 2.34. The molecule has 0 aliphatic carbocycles. The van der Waals surface area contributed by atoms with Crippen LogP contribution in [-0.2, 0) is 4.79 Å². The van der Waals surface area contributed by atoms with Crippen LogP contribution in [0.3, 0.4) is 0 Å². The summed E-state index contributed by atoms with van der Waals surface area (Å²) in [6.07, 6.45) is 2.66. The maximum Gasteiger partial charge on any atom is 0.326 e. The van der Waals surface area contributed by atoms with Crippen LogP contribution in [0.1, 0.15) is 19.8 Å². The molecule has 2 rings (SSSR count). The molecule has 0 aromatic carbocycles. The van der Waals surface area contributed by atoms with Gasteiger partial charge in [0, 0.05) is 6.54 Å². The lowest BCUT2D eigenvalue weighted by Gasteiger charge is -2.36. The summed E-state index contributed by atoms with van der Waals surface area (Å²) in [5, 5.41) is 9.32. The van der Waals surface area contributed by atoms with Crippen molar-refractivity contribution in [2.45, 2.75) is 25.8 Å². The Morgan fingerprint density at radius 1 is 1.63 bits per heavy atom. The molecular weight excluding hydrogens is 250 g/mol. The molecule has 2 unspecified atom stereocenters. The van der Waals surface area contributed by atoms with E-state index in [9.17, 15) is 14.7 Å². The fourth-order valence-electron chi connectivity index (χ4n) is 2.40. The van der Waals surface area contributed by atoms with Crippen molar-refractivity contribution in [2.24, 2.45) is 5.92 Å². The van der Waals surface area contributed by atoms with Crippen LogP contribution in [0, 0.1) is 5.92 Å². The summed E-state index contributed by atoms with van der Waals surface area (Å²) < 4.78 is 5.04. The van der Waals surface area contributed by atoms with Crippen LogP contribution in [0.4, 0.5) is 5.82 Å². The average Bonchev–Trinajstić information content (AvgIpc) is 2.38. The number of nitrogens with zero attached hydrogens (tertiary/aromatic N) is 2. The van der Waals surface area contributed by atoms with Crippen LogP contribution in [-0.4, -0.2) is 40.7 Å². The van der Waals surface area contributed by atoms with Gasteiger partial charge >= 0.3 is 5.97 Å². The van der Waals surface area contributed by atoms with E-state index in [1.165, 1.54) is 13.4 Å². The molecule has 0 amide bonds. The molecule has 0 saturated carbocycles. The number of hydrogen-bond donors (Lipinski definition) is 2. The summed E-state index contributed by atoms with van der Waals surface area (Å²) in [5.74, 6) is -0.213. The molecule has 2 heterocycles. The maximum atomic E-state index is 11.7. The molecule has 0 bridgehead atoms. The third-order valence-corrected chi connectivity index (χ3v) is 3.42. The second-order valence-electron chi connectivity index (χ2n) is 4.77. The third kappa shape index (κ3) is 2.54. The van der Waals surface area contributed by atoms with Gasteiger partial charge in [-0.3, -0.25) is 4.79 Å². The summed E-state index contributed by atoms with van der Waals surface area (Å²) in [5.41, 5.74) is -0.407. The van der Waals surface area contributed by atoms with Crippen LogP contribution in [0.5, 0.6) is 5.75 Å². The number of H-pyrrole nitrogens is 1. The zero-order valence-electron chi connectivity index (χ0n) is 10.9. The summed E-state index contributed by atoms with van der Waals surface area (Å²) in [4.78, 5) is 31.2. The molecule has 19 heavy (non-hydrogen) atoms. The lowest BCUT2D eigenvalue weighted by atomic mass is 9.92. The summed E-state index contributed by atoms with van der Waals surface area (Å²) in [6.45, 7) is 2.57. The zero-order valence-corrected chi connectivity index (χ0v) is 10.9. The number of rotatable bonds is 3. The molecule has 1 aliphatic rings. The molecule has 104 valence electrons. The van der Waals surface area contributed by atoms with Crippen molar-refractivity contribution >= 4 is 11.8 Å². The first kappa shape index (κ1) is 13.4. The normalized spacial score (nSPS) is 23.2. The van der Waals surface area contributed by atoms with Gasteiger partial charge in [0.25, 0.3) is 5.56 Å². The lowest BCUT2D eigenvalue weighted by molar-refractivity contribution is -0.139. The van der Waals surface area contributed by atoms with E-state index in [2.05, 4.69) is 9.97 Å². The van der Waals surface area contributed by atoms with Crippen LogP contribution in [0.15, 0.2) is 11.1 Å². The van der Waals surface area contributed by atoms with E-state index in [0.29, 0.717) is 24.7 Å². The number of anilines is 1. The Labute approximate surface area is 110 Å². The van der Waals surface area contributed by atoms with Crippen molar-refractivity contribution < 1.29 is 14.6 Å². The average molecular weight is 267 g/mol. The molecule has 1 saturated heterocycles. The minimum Gasteiger partial charge on any atom is -0.489 e. The number of aromatic amines is 1. The molecular formula is C12H17N3O4. The Balaban J connectivity index is 2.42. The van der Waals surface area contributed by atoms with Gasteiger partial charge in [0.15, 0.2) is 5.82 Å². The molecule has 2 atom stereocenters. The van der Waals surface area contributed by atoms with E-state index in [0.717, 1.165) is 6.42 Å². The predicted octanol–water partition coefficient (Wildman–Crippen LogP) is 0.468. The maximum absolute atomic E-state index is 11.7. The molecule has 1 aliphatic heterocycles. The van der Waals surface area contributed by atoms with Gasteiger partial charge in [-0.05, 0) is 18.8 Å². The highest BCUT2D eigenvalue weighted by molar-refractivity contribution is 5.78. The SMILES string of the molecule is COc1c(N2CCC(C)CC2C(=O)O)nc[nH]c1=O. The van der Waals surface area contributed by atoms with Gasteiger partial charge in [-0.15, -0.1) is 0 Å². The molecule has 0 radical (unpaired) electrons. The van der Waals surface area contributed by atoms with Gasteiger partial charge in [-0.1, -0.05) is 6.92 Å². The van der Waals surface area contributed by atoms with Crippen molar-refractivity contribution in [3.05, 3.63) is 16.7 Å². The van der Waals surface area contributed by atoms with Crippen molar-refractivity contribution in [1.29, 1.82) is 0 Å². The van der Waals surface area contributed by atoms with Gasteiger partial charge in [0.05, 0.1) is 13.4 Å². The fourth-order valence-corrected chi connectivity index (χ4v) is 2.40. The number of ether oxygens (including phenoxy) is 1. The van der Waals surface area contributed by atoms with Gasteiger partial charge in [0.1, 0.15) is 6.04 Å². The molecule has 1 aromatic rings. The quantitative estimate of drug-likeness (QED) is 0.826. The van der Waals surface area contributed by atoms with Gasteiger partial charge < -0.3 is 19.7 Å². The molecule has 7 heteroatoms. The molecule has 1 fully saturated rings. The zero-order chi connectivity index (χ0) is 14.0. The van der Waals surface area contributed by atoms with E-state index >= 15 is 0 Å². The highest BCUT2D eigenvalue weighted by Crippen LogP contribution is 2.30. The van der Waals surface area contributed by atoms with Crippen molar-refractivity contribution in [3.8, 4) is 5.75 Å². The molecule has 7 nitrogen and oxygen atoms in total. The third-order valence-electron chi connectivity index (χ3n) is 3.42. The number of carboxylic acids is 1. The molecule has 2 N–H and O–H groups in total. The van der Waals surface area contributed by atoms with Crippen LogP contribution < -0.4 is 15.2 Å². The largest absolute Gasteiger partial charge is 0.489 e. The number of piperidine rings is 1. The minimum atomic E-state index is -0.907. The summed E-state index contributed by atoms with van der Waals surface area (Å²) in [7, 11) is 1.37. The first-order valence-electron chi connectivity index (χ1n) is 6.15. The van der Waals surface area contributed by atoms with E-state index < -0.39 is 17.6 Å². The summed E-state index contributed by atoms with van der Waals surface area (Å²) in [6, 6.07) is -0.674. The molecule has 1 aromatic heterocycles. The standard InChI is InChI=1S/C12H17N3O4/c1-7-3-4-15(8(5-7)12(17)18)10-9(19-2)11(16)14-6-13-10/h6-8H,3-5H2,1-2H3,(H,17,18)(H,13,14,16). The first-order chi connectivity index (χ1) is 9.04. The Hall–Kier alpha value is -2.05. The number of aromatic nitrogens is 2. The van der Waals surface area contributed by atoms with E-state index in [4.69, 9.17) is 4.74 Å². The Kier molecular flexibility index (Phi) is 3.73. The Morgan fingerprint density at radius 3 is 3.00 bits per heavy atom. The van der Waals surface area contributed by atoms with Crippen molar-refractivity contribution in [3.63, 3.8) is 0 Å². The van der Waals surface area contributed by atoms with E-state index in [1.807, 2.05) is 6.92 Å². The number of hydrogen-bond acceptors (Lipinski definition) is 5. The lowest BCUT2D eigenvalue weighted by Crippen LogP contribution is -2.47. The second kappa shape index (κ2) is 5.29. The predicted molar refractivity (Wildman–Crippen MR) is 68.6 cm³/mol. The van der Waals surface area contributed by atoms with Gasteiger partial charge in [-0.2, -0.15) is 0 Å². The van der Waals surface area contributed by atoms with Crippen LogP contribution in [0.25, 0.3) is 0 Å². The van der Waals surface area contributed by atoms with Gasteiger partial charge in [-0.25, -0.2) is 9.78 Å². The van der Waals surface area contributed by atoms with Gasteiger partial charge in [0.2, 0.25) is 5.75 Å². The fraction of sp³-hybridized carbons (Fsp3) is 0.583. The number of carboxylic acid groups (broad SMARTS) is 1. The Morgan fingerprint density at radius 2 is 2.37 bits per heavy atom. The number of carbonyl (C=O) groups is 1. The van der Waals surface area contributed by atoms with Crippen molar-refractivity contribution in [2.75, 3.05) is 18.6 Å². The number of nitrogens with one attached hydrogen (secondary N) is 1. The second-order valence-corrected chi connectivity index (χ2v) is 4.77. The smallest absolute Gasteiger partial charge is 0.326 e. The first-order valence-corrected chi connectivity index (χ1v) is 6.15. The number of aliphatic carboxylic acids is 1. The highest BCUT2D eigenvalue weighted by atomic mass is 16.5. The van der Waals surface area contributed by atoms with Crippen molar-refractivity contribution in [1.82, 2.24) is 9.97 Å². The van der Waals surface area contributed by atoms with Crippen LogP contribution >= 0.6 is 0 Å². The monoisotopic (exact) mass is 267 g/mol. The Bertz CT molecular complexity index is 528. The molecule has 0 spiro atoms. The van der Waals surface area contributed by atoms with Crippen LogP contribution in [0.2, 0.25) is 0 Å². The summed E-state index contributed by atoms with van der Waals surface area (Å²) >= 11 is 0. The minimum absolute atomic E-state index is 0.0586. The van der Waals surface area contributed by atoms with E-state index in [-0.39, 0.29) is 5.75 Å². The topological polar surface area (TPSA) is 95.5 Å². The van der Waals surface area contributed by atoms with E-state index in [1.54, 1.807) is 4.90 Å². The number of methoxy groups -OCH3 is 1.